The van der Waals surface area contributed by atoms with Crippen LogP contribution in [0.2, 0.25) is 0 Å². The lowest BCUT2D eigenvalue weighted by atomic mass is 9.97. The zero-order chi connectivity index (χ0) is 17.3. The Morgan fingerprint density at radius 2 is 2.04 bits per heavy atom. The van der Waals surface area contributed by atoms with E-state index >= 15 is 0 Å². The van der Waals surface area contributed by atoms with E-state index in [-0.39, 0.29) is 26.1 Å². The Morgan fingerprint density at radius 1 is 1.29 bits per heavy atom. The van der Waals surface area contributed by atoms with Crippen molar-refractivity contribution in [1.82, 2.24) is 14.5 Å². The molecular weight excluding hydrogens is 323 g/mol. The van der Waals surface area contributed by atoms with E-state index in [9.17, 15) is 22.8 Å². The van der Waals surface area contributed by atoms with E-state index in [4.69, 9.17) is 0 Å². The molecule has 128 valence electrons. The number of likely N-dealkylation sites (tertiary alicyclic amines) is 1. The highest BCUT2D eigenvalue weighted by atomic mass is 19.4. The summed E-state index contributed by atoms with van der Waals surface area (Å²) in [7, 11) is 0. The molecule has 3 rings (SSSR count). The Bertz CT molecular complexity index is 816. The first-order valence-electron chi connectivity index (χ1n) is 7.65. The summed E-state index contributed by atoms with van der Waals surface area (Å²) in [6, 6.07) is 6.83. The minimum Gasteiger partial charge on any atom is -0.341 e. The lowest BCUT2D eigenvalue weighted by Crippen LogP contribution is -2.46. The fraction of sp³-hybridized carbons (Fsp3) is 0.438. The fourth-order valence-electron chi connectivity index (χ4n) is 2.98. The number of fused-ring (bicyclic) bond motifs is 1. The van der Waals surface area contributed by atoms with Crippen LogP contribution in [-0.2, 0) is 11.3 Å². The lowest BCUT2D eigenvalue weighted by molar-refractivity contribution is -0.188. The Kier molecular flexibility index (Phi) is 4.29. The van der Waals surface area contributed by atoms with Crippen LogP contribution in [0.15, 0.2) is 35.3 Å². The van der Waals surface area contributed by atoms with Gasteiger partial charge in [0.15, 0.2) is 0 Å². The van der Waals surface area contributed by atoms with E-state index in [0.29, 0.717) is 17.5 Å². The number of rotatable bonds is 2. The maximum absolute atomic E-state index is 12.9. The normalized spacial score (nSPS) is 18.8. The SMILES string of the molecule is O=C(Cn1c(=O)cnc2ccccc21)N1CCCC(C(F)(F)F)C1. The van der Waals surface area contributed by atoms with Crippen molar-refractivity contribution in [3.8, 4) is 0 Å². The standard InChI is InChI=1S/C16H16F3N3O2/c17-16(18,19)11-4-3-7-21(9-11)15(24)10-22-13-6-2-1-5-12(13)20-8-14(22)23/h1-2,5-6,8,11H,3-4,7,9-10H2. The molecule has 5 nitrogen and oxygen atoms in total. The van der Waals surface area contributed by atoms with Crippen LogP contribution in [0.1, 0.15) is 12.8 Å². The third kappa shape index (κ3) is 3.27. The van der Waals surface area contributed by atoms with Crippen LogP contribution in [0.25, 0.3) is 11.0 Å². The Balaban J connectivity index is 1.83. The van der Waals surface area contributed by atoms with Crippen LogP contribution in [-0.4, -0.2) is 39.6 Å². The number of carbonyl (C=O) groups is 1. The number of amides is 1. The molecule has 2 heterocycles. The zero-order valence-corrected chi connectivity index (χ0v) is 12.8. The number of halogens is 3. The van der Waals surface area contributed by atoms with Gasteiger partial charge in [-0.1, -0.05) is 12.1 Å². The molecule has 2 aromatic rings. The molecule has 0 saturated carbocycles. The highest BCUT2D eigenvalue weighted by Gasteiger charge is 2.42. The van der Waals surface area contributed by atoms with Crippen LogP contribution in [0, 0.1) is 5.92 Å². The molecule has 24 heavy (non-hydrogen) atoms. The fourth-order valence-corrected chi connectivity index (χ4v) is 2.98. The number of carbonyl (C=O) groups excluding carboxylic acids is 1. The monoisotopic (exact) mass is 339 g/mol. The van der Waals surface area contributed by atoms with E-state index in [2.05, 4.69) is 4.98 Å². The second-order valence-electron chi connectivity index (χ2n) is 5.89. The van der Waals surface area contributed by atoms with E-state index in [1.54, 1.807) is 24.3 Å². The predicted molar refractivity (Wildman–Crippen MR) is 81.4 cm³/mol. The maximum Gasteiger partial charge on any atom is 0.393 e. The Labute approximate surface area is 135 Å². The Morgan fingerprint density at radius 3 is 2.79 bits per heavy atom. The van der Waals surface area contributed by atoms with Crippen LogP contribution >= 0.6 is 0 Å². The highest BCUT2D eigenvalue weighted by Crippen LogP contribution is 2.33. The van der Waals surface area contributed by atoms with Crippen LogP contribution in [0.4, 0.5) is 13.2 Å². The summed E-state index contributed by atoms with van der Waals surface area (Å²) in [5.74, 6) is -1.98. The third-order valence-corrected chi connectivity index (χ3v) is 4.28. The molecule has 8 heteroatoms. The number of para-hydroxylation sites is 2. The van der Waals surface area contributed by atoms with Gasteiger partial charge in [-0.15, -0.1) is 0 Å². The van der Waals surface area contributed by atoms with Crippen molar-refractivity contribution in [3.63, 3.8) is 0 Å². The topological polar surface area (TPSA) is 55.2 Å². The molecule has 0 radical (unpaired) electrons. The van der Waals surface area contributed by atoms with Gasteiger partial charge in [0.1, 0.15) is 6.54 Å². The first kappa shape index (κ1) is 16.5. The van der Waals surface area contributed by atoms with Gasteiger partial charge >= 0.3 is 6.18 Å². The van der Waals surface area contributed by atoms with Crippen molar-refractivity contribution in [2.75, 3.05) is 13.1 Å². The second kappa shape index (κ2) is 6.26. The number of hydrogen-bond donors (Lipinski definition) is 0. The molecule has 1 amide bonds. The van der Waals surface area contributed by atoms with Gasteiger partial charge in [0.05, 0.1) is 23.1 Å². The summed E-state index contributed by atoms with van der Waals surface area (Å²) in [6.45, 7) is -0.351. The first-order chi connectivity index (χ1) is 11.4. The predicted octanol–water partition coefficient (Wildman–Crippen LogP) is 2.20. The van der Waals surface area contributed by atoms with Crippen LogP contribution in [0.3, 0.4) is 0 Å². The molecule has 1 aliphatic heterocycles. The zero-order valence-electron chi connectivity index (χ0n) is 12.8. The number of piperidine rings is 1. The van der Waals surface area contributed by atoms with E-state index in [0.717, 1.165) is 6.20 Å². The minimum absolute atomic E-state index is 0.0332. The number of benzene rings is 1. The summed E-state index contributed by atoms with van der Waals surface area (Å²) in [6.07, 6.45) is -2.85. The van der Waals surface area contributed by atoms with Crippen molar-refractivity contribution >= 4 is 16.9 Å². The molecule has 1 aliphatic rings. The van der Waals surface area contributed by atoms with Crippen molar-refractivity contribution in [3.05, 3.63) is 40.8 Å². The van der Waals surface area contributed by atoms with Crippen molar-refractivity contribution in [2.24, 2.45) is 5.92 Å². The molecule has 1 aromatic heterocycles. The lowest BCUT2D eigenvalue weighted by Gasteiger charge is -2.33. The molecule has 1 saturated heterocycles. The number of alkyl halides is 3. The first-order valence-corrected chi connectivity index (χ1v) is 7.65. The molecule has 1 fully saturated rings. The van der Waals surface area contributed by atoms with Gasteiger partial charge in [0.2, 0.25) is 5.91 Å². The van der Waals surface area contributed by atoms with Crippen molar-refractivity contribution in [2.45, 2.75) is 25.6 Å². The van der Waals surface area contributed by atoms with Gasteiger partial charge in [-0.05, 0) is 25.0 Å². The molecule has 1 unspecified atom stereocenters. The number of nitrogens with zero attached hydrogens (tertiary/aromatic N) is 3. The molecule has 0 N–H and O–H groups in total. The largest absolute Gasteiger partial charge is 0.393 e. The molecule has 0 aliphatic carbocycles. The average molecular weight is 339 g/mol. The van der Waals surface area contributed by atoms with E-state index < -0.39 is 23.6 Å². The van der Waals surface area contributed by atoms with Gasteiger partial charge in [-0.2, -0.15) is 13.2 Å². The third-order valence-electron chi connectivity index (χ3n) is 4.28. The Hall–Kier alpha value is -2.38. The summed E-state index contributed by atoms with van der Waals surface area (Å²) in [5, 5.41) is 0. The summed E-state index contributed by atoms with van der Waals surface area (Å²) >= 11 is 0. The van der Waals surface area contributed by atoms with Gasteiger partial charge in [0.25, 0.3) is 5.56 Å². The molecule has 0 spiro atoms. The maximum atomic E-state index is 12.9. The van der Waals surface area contributed by atoms with E-state index in [1.165, 1.54) is 9.47 Å². The highest BCUT2D eigenvalue weighted by molar-refractivity contribution is 5.80. The average Bonchev–Trinajstić information content (AvgIpc) is 2.57. The number of hydrogen-bond acceptors (Lipinski definition) is 3. The molecular formula is C16H16F3N3O2. The van der Waals surface area contributed by atoms with Gasteiger partial charge in [-0.3, -0.25) is 14.2 Å². The van der Waals surface area contributed by atoms with Crippen molar-refractivity contribution < 1.29 is 18.0 Å². The quantitative estimate of drug-likeness (QED) is 0.843. The van der Waals surface area contributed by atoms with Crippen LogP contribution < -0.4 is 5.56 Å². The number of aromatic nitrogens is 2. The molecule has 1 atom stereocenters. The van der Waals surface area contributed by atoms with Gasteiger partial charge in [0, 0.05) is 13.1 Å². The van der Waals surface area contributed by atoms with Crippen molar-refractivity contribution in [1.29, 1.82) is 0 Å². The van der Waals surface area contributed by atoms with Gasteiger partial charge in [-0.25, -0.2) is 4.98 Å². The molecule has 0 bridgehead atoms. The van der Waals surface area contributed by atoms with Gasteiger partial charge < -0.3 is 4.90 Å². The van der Waals surface area contributed by atoms with E-state index in [1.807, 2.05) is 0 Å². The summed E-state index contributed by atoms with van der Waals surface area (Å²) < 4.78 is 39.9. The summed E-state index contributed by atoms with van der Waals surface area (Å²) in [4.78, 5) is 29.6. The van der Waals surface area contributed by atoms with Crippen LogP contribution in [0.5, 0.6) is 0 Å². The molecule has 1 aromatic carbocycles. The second-order valence-corrected chi connectivity index (χ2v) is 5.89. The summed E-state index contributed by atoms with van der Waals surface area (Å²) in [5.41, 5.74) is 0.589. The minimum atomic E-state index is -4.31. The smallest absolute Gasteiger partial charge is 0.341 e.